The van der Waals surface area contributed by atoms with Crippen molar-refractivity contribution in [3.8, 4) is 0 Å². The van der Waals surface area contributed by atoms with Crippen molar-refractivity contribution in [2.75, 3.05) is 13.2 Å². The van der Waals surface area contributed by atoms with Crippen LogP contribution in [0, 0.1) is 13.8 Å². The van der Waals surface area contributed by atoms with E-state index in [1.54, 1.807) is 20.8 Å². The first-order chi connectivity index (χ1) is 12.4. The van der Waals surface area contributed by atoms with E-state index in [1.807, 2.05) is 0 Å². The van der Waals surface area contributed by atoms with Gasteiger partial charge in [0.2, 0.25) is 0 Å². The SMILES string of the molecule is CCOC(=O)c1[nH]c(C)c(C(=O)OCC(=O)NC2CCCCCC2)c1C. The van der Waals surface area contributed by atoms with Crippen molar-refractivity contribution in [1.29, 1.82) is 0 Å². The molecule has 7 nitrogen and oxygen atoms in total. The van der Waals surface area contributed by atoms with Crippen LogP contribution in [0.25, 0.3) is 0 Å². The molecule has 0 bridgehead atoms. The number of nitrogens with one attached hydrogen (secondary N) is 2. The highest BCUT2D eigenvalue weighted by atomic mass is 16.5. The van der Waals surface area contributed by atoms with Gasteiger partial charge in [-0.3, -0.25) is 4.79 Å². The molecule has 1 aliphatic carbocycles. The molecule has 1 heterocycles. The largest absolute Gasteiger partial charge is 0.461 e. The smallest absolute Gasteiger partial charge is 0.355 e. The van der Waals surface area contributed by atoms with Crippen LogP contribution in [0.1, 0.15) is 77.6 Å². The Kier molecular flexibility index (Phi) is 7.24. The third-order valence-electron chi connectivity index (χ3n) is 4.68. The minimum Gasteiger partial charge on any atom is -0.461 e. The molecule has 2 N–H and O–H groups in total. The Bertz CT molecular complexity index is 657. The Morgan fingerprint density at radius 3 is 2.31 bits per heavy atom. The maximum Gasteiger partial charge on any atom is 0.355 e. The number of carbonyl (C=O) groups excluding carboxylic acids is 3. The summed E-state index contributed by atoms with van der Waals surface area (Å²) in [6.45, 7) is 4.96. The number of esters is 2. The van der Waals surface area contributed by atoms with Gasteiger partial charge in [0, 0.05) is 11.7 Å². The van der Waals surface area contributed by atoms with Gasteiger partial charge in [-0.2, -0.15) is 0 Å². The van der Waals surface area contributed by atoms with Crippen molar-refractivity contribution in [3.63, 3.8) is 0 Å². The summed E-state index contributed by atoms with van der Waals surface area (Å²) in [5, 5.41) is 2.94. The summed E-state index contributed by atoms with van der Waals surface area (Å²) in [5.41, 5.74) is 1.49. The highest BCUT2D eigenvalue weighted by Gasteiger charge is 2.24. The van der Waals surface area contributed by atoms with Crippen molar-refractivity contribution in [2.24, 2.45) is 0 Å². The minimum atomic E-state index is -0.622. The lowest BCUT2D eigenvalue weighted by molar-refractivity contribution is -0.125. The molecule has 0 saturated heterocycles. The molecule has 0 atom stereocenters. The number of ether oxygens (including phenoxy) is 2. The van der Waals surface area contributed by atoms with Crippen molar-refractivity contribution in [1.82, 2.24) is 10.3 Å². The second-order valence-electron chi connectivity index (χ2n) is 6.68. The molecule has 2 rings (SSSR count). The quantitative estimate of drug-likeness (QED) is 0.597. The number of H-pyrrole nitrogens is 1. The summed E-state index contributed by atoms with van der Waals surface area (Å²) in [6.07, 6.45) is 6.58. The highest BCUT2D eigenvalue weighted by Crippen LogP contribution is 2.20. The predicted molar refractivity (Wildman–Crippen MR) is 96.1 cm³/mol. The second kappa shape index (κ2) is 9.40. The molecule has 0 aliphatic heterocycles. The van der Waals surface area contributed by atoms with Crippen LogP contribution in [-0.2, 0) is 14.3 Å². The van der Waals surface area contributed by atoms with Gasteiger partial charge in [-0.25, -0.2) is 9.59 Å². The van der Waals surface area contributed by atoms with Crippen LogP contribution < -0.4 is 5.32 Å². The third kappa shape index (κ3) is 5.09. The Balaban J connectivity index is 1.93. The van der Waals surface area contributed by atoms with E-state index in [4.69, 9.17) is 9.47 Å². The molecule has 1 aromatic heterocycles. The topological polar surface area (TPSA) is 97.5 Å². The minimum absolute atomic E-state index is 0.162. The van der Waals surface area contributed by atoms with E-state index in [1.165, 1.54) is 12.8 Å². The van der Waals surface area contributed by atoms with E-state index in [0.29, 0.717) is 11.3 Å². The van der Waals surface area contributed by atoms with Crippen LogP contribution in [-0.4, -0.2) is 42.1 Å². The van der Waals surface area contributed by atoms with Crippen molar-refractivity contribution in [2.45, 2.75) is 65.3 Å². The van der Waals surface area contributed by atoms with Crippen LogP contribution in [0.2, 0.25) is 0 Å². The average molecular weight is 364 g/mol. The Labute approximate surface area is 153 Å². The number of rotatable bonds is 6. The average Bonchev–Trinajstić information content (AvgIpc) is 2.77. The number of aromatic nitrogens is 1. The van der Waals surface area contributed by atoms with Crippen LogP contribution in [0.4, 0.5) is 0 Å². The normalized spacial score (nSPS) is 15.2. The number of hydrogen-bond donors (Lipinski definition) is 2. The van der Waals surface area contributed by atoms with Crippen LogP contribution >= 0.6 is 0 Å². The highest BCUT2D eigenvalue weighted by molar-refractivity contribution is 5.99. The second-order valence-corrected chi connectivity index (χ2v) is 6.68. The maximum atomic E-state index is 12.4. The Morgan fingerprint density at radius 1 is 1.04 bits per heavy atom. The van der Waals surface area contributed by atoms with Gasteiger partial charge < -0.3 is 19.8 Å². The molecule has 0 aromatic carbocycles. The van der Waals surface area contributed by atoms with Crippen molar-refractivity contribution >= 4 is 17.8 Å². The van der Waals surface area contributed by atoms with E-state index < -0.39 is 11.9 Å². The number of amides is 1. The molecular formula is C19H28N2O5. The summed E-state index contributed by atoms with van der Waals surface area (Å²) in [5.74, 6) is -1.43. The van der Waals surface area contributed by atoms with E-state index in [-0.39, 0.29) is 36.4 Å². The number of aromatic amines is 1. The molecular weight excluding hydrogens is 336 g/mol. The molecule has 0 unspecified atom stereocenters. The zero-order valence-corrected chi connectivity index (χ0v) is 15.8. The van der Waals surface area contributed by atoms with Gasteiger partial charge in [0.15, 0.2) is 6.61 Å². The van der Waals surface area contributed by atoms with Gasteiger partial charge in [0.25, 0.3) is 5.91 Å². The van der Waals surface area contributed by atoms with E-state index >= 15 is 0 Å². The zero-order chi connectivity index (χ0) is 19.1. The van der Waals surface area contributed by atoms with Crippen molar-refractivity contribution < 1.29 is 23.9 Å². The first-order valence-corrected chi connectivity index (χ1v) is 9.26. The summed E-state index contributed by atoms with van der Waals surface area (Å²) in [7, 11) is 0. The lowest BCUT2D eigenvalue weighted by atomic mass is 10.1. The van der Waals surface area contributed by atoms with Gasteiger partial charge in [-0.15, -0.1) is 0 Å². The van der Waals surface area contributed by atoms with E-state index in [9.17, 15) is 14.4 Å². The predicted octanol–water partition coefficient (Wildman–Crippen LogP) is 2.80. The third-order valence-corrected chi connectivity index (χ3v) is 4.68. The molecule has 7 heteroatoms. The first-order valence-electron chi connectivity index (χ1n) is 9.26. The fraction of sp³-hybridized carbons (Fsp3) is 0.632. The van der Waals surface area contributed by atoms with Gasteiger partial charge in [-0.1, -0.05) is 25.7 Å². The van der Waals surface area contributed by atoms with Gasteiger partial charge in [0.05, 0.1) is 12.2 Å². The molecule has 1 fully saturated rings. The fourth-order valence-electron chi connectivity index (χ4n) is 3.36. The molecule has 1 aliphatic rings. The lowest BCUT2D eigenvalue weighted by Gasteiger charge is -2.16. The van der Waals surface area contributed by atoms with Crippen molar-refractivity contribution in [3.05, 3.63) is 22.5 Å². The summed E-state index contributed by atoms with van der Waals surface area (Å²) < 4.78 is 10.1. The summed E-state index contributed by atoms with van der Waals surface area (Å²) >= 11 is 0. The van der Waals surface area contributed by atoms with Gasteiger partial charge >= 0.3 is 11.9 Å². The number of carbonyl (C=O) groups is 3. The molecule has 1 aromatic rings. The van der Waals surface area contributed by atoms with Crippen LogP contribution in [0.15, 0.2) is 0 Å². The lowest BCUT2D eigenvalue weighted by Crippen LogP contribution is -2.37. The molecule has 0 radical (unpaired) electrons. The van der Waals surface area contributed by atoms with E-state index in [0.717, 1.165) is 25.7 Å². The van der Waals surface area contributed by atoms with Crippen LogP contribution in [0.5, 0.6) is 0 Å². The molecule has 1 saturated carbocycles. The van der Waals surface area contributed by atoms with Gasteiger partial charge in [0.1, 0.15) is 5.69 Å². The fourth-order valence-corrected chi connectivity index (χ4v) is 3.36. The van der Waals surface area contributed by atoms with Gasteiger partial charge in [-0.05, 0) is 39.2 Å². The standard InChI is InChI=1S/C19H28N2O5/c1-4-25-19(24)17-12(2)16(13(3)20-17)18(23)26-11-15(22)21-14-9-7-5-6-8-10-14/h14,20H,4-11H2,1-3H3,(H,21,22). The number of aryl methyl sites for hydroxylation is 1. The Hall–Kier alpha value is -2.31. The molecule has 144 valence electrons. The number of hydrogen-bond acceptors (Lipinski definition) is 5. The monoisotopic (exact) mass is 364 g/mol. The first kappa shape index (κ1) is 20.0. The molecule has 0 spiro atoms. The summed E-state index contributed by atoms with van der Waals surface area (Å²) in [4.78, 5) is 39.2. The summed E-state index contributed by atoms with van der Waals surface area (Å²) in [6, 6.07) is 0.162. The molecule has 26 heavy (non-hydrogen) atoms. The Morgan fingerprint density at radius 2 is 1.69 bits per heavy atom. The van der Waals surface area contributed by atoms with E-state index in [2.05, 4.69) is 10.3 Å². The maximum absolute atomic E-state index is 12.4. The van der Waals surface area contributed by atoms with Crippen LogP contribution in [0.3, 0.4) is 0 Å². The molecule has 1 amide bonds. The zero-order valence-electron chi connectivity index (χ0n) is 15.8.